The van der Waals surface area contributed by atoms with E-state index in [1.807, 2.05) is 32.0 Å². The number of carbonyl (C=O) groups is 1. The van der Waals surface area contributed by atoms with E-state index in [2.05, 4.69) is 15.0 Å². The van der Waals surface area contributed by atoms with Gasteiger partial charge < -0.3 is 15.0 Å². The lowest BCUT2D eigenvalue weighted by atomic mass is 9.85. The topological polar surface area (TPSA) is 101 Å². The van der Waals surface area contributed by atoms with Gasteiger partial charge in [-0.25, -0.2) is 22.5 Å². The quantitative estimate of drug-likeness (QED) is 0.401. The number of hydrogen-bond acceptors (Lipinski definition) is 6. The predicted octanol–water partition coefficient (Wildman–Crippen LogP) is 4.03. The fourth-order valence-corrected chi connectivity index (χ4v) is 5.93. The van der Waals surface area contributed by atoms with Crippen LogP contribution in [0.1, 0.15) is 44.2 Å². The van der Waals surface area contributed by atoms with Crippen molar-refractivity contribution in [3.63, 3.8) is 0 Å². The number of nitrogens with zero attached hydrogens (tertiary/aromatic N) is 2. The Kier molecular flexibility index (Phi) is 8.96. The third-order valence-corrected chi connectivity index (χ3v) is 8.40. The van der Waals surface area contributed by atoms with Gasteiger partial charge in [0.2, 0.25) is 21.8 Å². The first kappa shape index (κ1) is 27.9. The van der Waals surface area contributed by atoms with Gasteiger partial charge in [0.25, 0.3) is 0 Å². The average molecular weight is 543 g/mol. The summed E-state index contributed by atoms with van der Waals surface area (Å²) in [5, 5.41) is 3.71. The number of carbonyl (C=O) groups excluding carboxylic acids is 1. The molecule has 3 aromatic rings. The Labute approximate surface area is 223 Å². The Bertz CT molecular complexity index is 1360. The van der Waals surface area contributed by atoms with E-state index >= 15 is 0 Å². The third kappa shape index (κ3) is 7.27. The summed E-state index contributed by atoms with van der Waals surface area (Å²) >= 11 is 0. The first-order chi connectivity index (χ1) is 18.1. The summed E-state index contributed by atoms with van der Waals surface area (Å²) in [6.07, 6.45) is 2.33. The van der Waals surface area contributed by atoms with E-state index in [0.717, 1.165) is 12.1 Å². The molecule has 38 heavy (non-hydrogen) atoms. The van der Waals surface area contributed by atoms with Crippen molar-refractivity contribution in [1.29, 1.82) is 0 Å². The van der Waals surface area contributed by atoms with Gasteiger partial charge in [0.05, 0.1) is 16.5 Å². The van der Waals surface area contributed by atoms with Crippen LogP contribution in [-0.4, -0.2) is 57.5 Å². The highest BCUT2D eigenvalue weighted by Crippen LogP contribution is 2.27. The molecular formula is C28H35FN4O4S. The molecule has 1 aliphatic rings. The fourth-order valence-electron chi connectivity index (χ4n) is 4.59. The summed E-state index contributed by atoms with van der Waals surface area (Å²) in [6, 6.07) is 14.0. The Morgan fingerprint density at radius 3 is 2.47 bits per heavy atom. The van der Waals surface area contributed by atoms with Crippen LogP contribution in [0.3, 0.4) is 0 Å². The summed E-state index contributed by atoms with van der Waals surface area (Å²) in [4.78, 5) is 19.4. The van der Waals surface area contributed by atoms with E-state index in [-0.39, 0.29) is 34.6 Å². The van der Waals surface area contributed by atoms with Gasteiger partial charge in [0, 0.05) is 30.0 Å². The number of amides is 1. The van der Waals surface area contributed by atoms with Crippen LogP contribution in [0.15, 0.2) is 59.5 Å². The number of fused-ring (bicyclic) bond motifs is 1. The van der Waals surface area contributed by atoms with Crippen molar-refractivity contribution in [2.75, 3.05) is 27.2 Å². The lowest BCUT2D eigenvalue weighted by Gasteiger charge is -2.29. The zero-order chi connectivity index (χ0) is 27.3. The number of nitrogens with one attached hydrogen (secondary N) is 2. The van der Waals surface area contributed by atoms with Crippen LogP contribution in [0.5, 0.6) is 5.88 Å². The lowest BCUT2D eigenvalue weighted by Crippen LogP contribution is -2.41. The maximum Gasteiger partial charge on any atom is 0.240 e. The van der Waals surface area contributed by atoms with Crippen molar-refractivity contribution in [2.24, 2.45) is 5.92 Å². The molecule has 4 rings (SSSR count). The molecule has 1 aliphatic carbocycles. The smallest absolute Gasteiger partial charge is 0.240 e. The van der Waals surface area contributed by atoms with Gasteiger partial charge in [0.1, 0.15) is 12.4 Å². The zero-order valence-corrected chi connectivity index (χ0v) is 22.8. The van der Waals surface area contributed by atoms with Crippen molar-refractivity contribution in [2.45, 2.75) is 49.6 Å². The first-order valence-electron chi connectivity index (χ1n) is 12.9. The van der Waals surface area contributed by atoms with E-state index in [1.54, 1.807) is 36.4 Å². The molecule has 0 radical (unpaired) electrons. The lowest BCUT2D eigenvalue weighted by molar-refractivity contribution is -0.126. The second kappa shape index (κ2) is 12.2. The van der Waals surface area contributed by atoms with E-state index in [0.29, 0.717) is 49.1 Å². The normalized spacial score (nSPS) is 18.9. The zero-order valence-electron chi connectivity index (χ0n) is 22.0. The van der Waals surface area contributed by atoms with Crippen LogP contribution in [0.4, 0.5) is 4.39 Å². The predicted molar refractivity (Wildman–Crippen MR) is 145 cm³/mol. The third-order valence-electron chi connectivity index (χ3n) is 6.88. The number of benzene rings is 2. The van der Waals surface area contributed by atoms with E-state index < -0.39 is 10.0 Å². The Hall–Kier alpha value is -3.08. The number of hydrogen-bond donors (Lipinski definition) is 2. The van der Waals surface area contributed by atoms with E-state index in [1.165, 1.54) is 12.1 Å². The molecular weight excluding hydrogens is 507 g/mol. The van der Waals surface area contributed by atoms with Crippen LogP contribution in [0, 0.1) is 11.7 Å². The van der Waals surface area contributed by atoms with Crippen LogP contribution < -0.4 is 14.8 Å². The Balaban J connectivity index is 1.31. The SMILES string of the molecule is C[C@@H](NC(=O)[C@H]1CC[C@H](NS(=O)(=O)c2ccc3nc(OCCN(C)C)ccc3c2)CC1)c1ccc(F)cc1. The van der Waals surface area contributed by atoms with Gasteiger partial charge in [-0.2, -0.15) is 0 Å². The maximum absolute atomic E-state index is 13.2. The summed E-state index contributed by atoms with van der Waals surface area (Å²) < 4.78 is 47.8. The summed E-state index contributed by atoms with van der Waals surface area (Å²) in [6.45, 7) is 3.15. The molecule has 2 aromatic carbocycles. The number of likely N-dealkylation sites (N-methyl/N-ethyl adjacent to an activating group) is 1. The molecule has 1 fully saturated rings. The summed E-state index contributed by atoms with van der Waals surface area (Å²) in [5.41, 5.74) is 1.49. The van der Waals surface area contributed by atoms with Gasteiger partial charge in [-0.3, -0.25) is 4.79 Å². The van der Waals surface area contributed by atoms with Gasteiger partial charge >= 0.3 is 0 Å². The highest BCUT2D eigenvalue weighted by molar-refractivity contribution is 7.89. The molecule has 10 heteroatoms. The monoisotopic (exact) mass is 542 g/mol. The standard InChI is InChI=1S/C28H35FN4O4S/c1-19(20-4-9-23(29)10-5-20)30-28(34)21-6-11-24(12-7-21)32-38(35,36)25-13-14-26-22(18-25)8-15-27(31-26)37-17-16-33(2)3/h4-5,8-10,13-15,18-19,21,24,32H,6-7,11-12,16-17H2,1-3H3,(H,30,34)/t19-,21-,24-/m1/s1. The van der Waals surface area contributed by atoms with Crippen LogP contribution in [-0.2, 0) is 14.8 Å². The molecule has 1 heterocycles. The highest BCUT2D eigenvalue weighted by atomic mass is 32.2. The second-order valence-electron chi connectivity index (χ2n) is 10.1. The van der Waals surface area contributed by atoms with Crippen molar-refractivity contribution in [3.05, 3.63) is 66.0 Å². The second-order valence-corrected chi connectivity index (χ2v) is 11.8. The molecule has 0 unspecified atom stereocenters. The van der Waals surface area contributed by atoms with Gasteiger partial charge in [0.15, 0.2) is 0 Å². The molecule has 204 valence electrons. The number of halogens is 1. The number of aromatic nitrogens is 1. The minimum Gasteiger partial charge on any atom is -0.476 e. The first-order valence-corrected chi connectivity index (χ1v) is 14.4. The average Bonchev–Trinajstić information content (AvgIpc) is 2.88. The van der Waals surface area contributed by atoms with Crippen molar-refractivity contribution in [1.82, 2.24) is 19.9 Å². The number of sulfonamides is 1. The van der Waals surface area contributed by atoms with Gasteiger partial charge in [-0.05, 0) is 88.7 Å². The molecule has 0 bridgehead atoms. The minimum atomic E-state index is -3.73. The minimum absolute atomic E-state index is 0.0600. The van der Waals surface area contributed by atoms with Crippen LogP contribution in [0.25, 0.3) is 10.9 Å². The summed E-state index contributed by atoms with van der Waals surface area (Å²) in [5.74, 6) is -0.0565. The van der Waals surface area contributed by atoms with Crippen LogP contribution in [0.2, 0.25) is 0 Å². The van der Waals surface area contributed by atoms with Crippen molar-refractivity contribution in [3.8, 4) is 5.88 Å². The molecule has 1 atom stereocenters. The van der Waals surface area contributed by atoms with Gasteiger partial charge in [-0.15, -0.1) is 0 Å². The largest absolute Gasteiger partial charge is 0.476 e. The van der Waals surface area contributed by atoms with Crippen LogP contribution >= 0.6 is 0 Å². The highest BCUT2D eigenvalue weighted by Gasteiger charge is 2.30. The molecule has 1 saturated carbocycles. The molecule has 8 nitrogen and oxygen atoms in total. The molecule has 0 aliphatic heterocycles. The number of pyridine rings is 1. The fraction of sp³-hybridized carbons (Fsp3) is 0.429. The maximum atomic E-state index is 13.2. The molecule has 1 aromatic heterocycles. The van der Waals surface area contributed by atoms with E-state index in [4.69, 9.17) is 4.74 Å². The van der Waals surface area contributed by atoms with Gasteiger partial charge in [-0.1, -0.05) is 12.1 Å². The van der Waals surface area contributed by atoms with Crippen molar-refractivity contribution < 1.29 is 22.3 Å². The Morgan fingerprint density at radius 1 is 1.08 bits per heavy atom. The number of rotatable bonds is 10. The van der Waals surface area contributed by atoms with Crippen molar-refractivity contribution >= 4 is 26.8 Å². The van der Waals surface area contributed by atoms with E-state index in [9.17, 15) is 17.6 Å². The molecule has 1 amide bonds. The summed E-state index contributed by atoms with van der Waals surface area (Å²) in [7, 11) is 0.206. The Morgan fingerprint density at radius 2 is 1.79 bits per heavy atom. The molecule has 0 saturated heterocycles. The molecule has 2 N–H and O–H groups in total. The number of ether oxygens (including phenoxy) is 1. The molecule has 0 spiro atoms.